The van der Waals surface area contributed by atoms with Gasteiger partial charge in [0, 0.05) is 0 Å². The maximum Gasteiger partial charge on any atom is 0.318 e. The van der Waals surface area contributed by atoms with Gasteiger partial charge in [0.1, 0.15) is 0 Å². The third kappa shape index (κ3) is 2.65. The number of sulfonamides is 1. The highest BCUT2D eigenvalue weighted by molar-refractivity contribution is 7.91. The van der Waals surface area contributed by atoms with Crippen molar-refractivity contribution in [3.63, 3.8) is 0 Å². The van der Waals surface area contributed by atoms with Crippen molar-refractivity contribution >= 4 is 32.5 Å². The van der Waals surface area contributed by atoms with Gasteiger partial charge in [-0.05, 0) is 0 Å². The number of nitrogens with zero attached hydrogens (tertiary/aromatic N) is 1. The minimum absolute atomic E-state index is 0.0940. The number of primary amides is 1. The predicted octanol–water partition coefficient (Wildman–Crippen LogP) is -0.719. The lowest BCUT2D eigenvalue weighted by atomic mass is 10.9. The standard InChI is InChI=1S/C4H6N4O3S2/c5-3(9)8-4-7-1-2(12-4)13(6,10)11/h1H,(H2,6,10,11)(H3,5,7,8,9). The third-order valence-corrected chi connectivity index (χ3v) is 3.32. The molecule has 1 aromatic rings. The Morgan fingerprint density at radius 3 is 2.62 bits per heavy atom. The molecule has 0 fully saturated rings. The number of amides is 2. The van der Waals surface area contributed by atoms with Crippen LogP contribution in [-0.4, -0.2) is 19.4 Å². The fraction of sp³-hybridized carbons (Fsp3) is 0. The Morgan fingerprint density at radius 1 is 1.62 bits per heavy atom. The molecule has 0 radical (unpaired) electrons. The van der Waals surface area contributed by atoms with E-state index in [1.165, 1.54) is 0 Å². The van der Waals surface area contributed by atoms with Crippen LogP contribution in [0.4, 0.5) is 9.93 Å². The minimum Gasteiger partial charge on any atom is -0.351 e. The molecule has 0 aromatic carbocycles. The molecule has 0 aliphatic rings. The van der Waals surface area contributed by atoms with Gasteiger partial charge in [-0.1, -0.05) is 11.3 Å². The van der Waals surface area contributed by atoms with Crippen LogP contribution < -0.4 is 16.2 Å². The molecule has 72 valence electrons. The maximum atomic E-state index is 10.7. The number of anilines is 1. The van der Waals surface area contributed by atoms with Crippen LogP contribution in [0.5, 0.6) is 0 Å². The lowest BCUT2D eigenvalue weighted by Crippen LogP contribution is -2.18. The van der Waals surface area contributed by atoms with Gasteiger partial charge < -0.3 is 5.73 Å². The second-order valence-corrected chi connectivity index (χ2v) is 4.84. The first-order valence-corrected chi connectivity index (χ1v) is 5.31. The lowest BCUT2D eigenvalue weighted by molar-refractivity contribution is 0.259. The van der Waals surface area contributed by atoms with Gasteiger partial charge >= 0.3 is 6.03 Å². The Bertz CT molecular complexity index is 422. The SMILES string of the molecule is NC(=O)Nc1ncc(S(N)(=O)=O)s1. The Morgan fingerprint density at radius 2 is 2.23 bits per heavy atom. The van der Waals surface area contributed by atoms with Crippen LogP contribution in [0.3, 0.4) is 0 Å². The van der Waals surface area contributed by atoms with Crippen molar-refractivity contribution < 1.29 is 13.2 Å². The van der Waals surface area contributed by atoms with E-state index < -0.39 is 16.1 Å². The molecule has 0 saturated heterocycles. The number of nitrogens with one attached hydrogen (secondary N) is 1. The van der Waals surface area contributed by atoms with E-state index in [0.717, 1.165) is 17.5 Å². The number of thiazole rings is 1. The molecule has 9 heteroatoms. The summed E-state index contributed by atoms with van der Waals surface area (Å²) in [4.78, 5) is 13.9. The number of hydrogen-bond acceptors (Lipinski definition) is 5. The molecule has 5 N–H and O–H groups in total. The van der Waals surface area contributed by atoms with Crippen molar-refractivity contribution in [2.75, 3.05) is 5.32 Å². The van der Waals surface area contributed by atoms with Crippen LogP contribution >= 0.6 is 11.3 Å². The average Bonchev–Trinajstić information content (AvgIpc) is 2.32. The van der Waals surface area contributed by atoms with E-state index in [0.29, 0.717) is 0 Å². The molecule has 0 unspecified atom stereocenters. The second kappa shape index (κ2) is 3.28. The maximum absolute atomic E-state index is 10.7. The van der Waals surface area contributed by atoms with E-state index in [4.69, 9.17) is 10.9 Å². The zero-order valence-corrected chi connectivity index (χ0v) is 7.85. The lowest BCUT2D eigenvalue weighted by Gasteiger charge is -1.92. The first-order valence-electron chi connectivity index (χ1n) is 2.94. The predicted molar refractivity (Wildman–Crippen MR) is 46.7 cm³/mol. The van der Waals surface area contributed by atoms with Crippen molar-refractivity contribution in [2.45, 2.75) is 4.21 Å². The van der Waals surface area contributed by atoms with Gasteiger partial charge in [-0.3, -0.25) is 5.32 Å². The number of carbonyl (C=O) groups excluding carboxylic acids is 1. The second-order valence-electron chi connectivity index (χ2n) is 2.02. The smallest absolute Gasteiger partial charge is 0.318 e. The van der Waals surface area contributed by atoms with Crippen LogP contribution in [-0.2, 0) is 10.0 Å². The fourth-order valence-corrected chi connectivity index (χ4v) is 2.01. The summed E-state index contributed by atoms with van der Waals surface area (Å²) in [6.45, 7) is 0. The summed E-state index contributed by atoms with van der Waals surface area (Å²) in [5, 5.41) is 7.02. The average molecular weight is 222 g/mol. The molecule has 0 aliphatic heterocycles. The fourth-order valence-electron chi connectivity index (χ4n) is 0.554. The highest BCUT2D eigenvalue weighted by atomic mass is 32.2. The highest BCUT2D eigenvalue weighted by Gasteiger charge is 2.12. The van der Waals surface area contributed by atoms with Crippen LogP contribution in [0, 0.1) is 0 Å². The molecule has 1 heterocycles. The van der Waals surface area contributed by atoms with Gasteiger partial charge in [-0.15, -0.1) is 0 Å². The zero-order chi connectivity index (χ0) is 10.1. The van der Waals surface area contributed by atoms with Crippen molar-refractivity contribution in [3.8, 4) is 0 Å². The molecule has 0 bridgehead atoms. The molecule has 1 rings (SSSR count). The topological polar surface area (TPSA) is 128 Å². The zero-order valence-electron chi connectivity index (χ0n) is 6.22. The van der Waals surface area contributed by atoms with E-state index in [-0.39, 0.29) is 9.34 Å². The van der Waals surface area contributed by atoms with E-state index in [2.05, 4.69) is 10.3 Å². The molecule has 7 nitrogen and oxygen atoms in total. The van der Waals surface area contributed by atoms with E-state index >= 15 is 0 Å². The van der Waals surface area contributed by atoms with E-state index in [1.54, 1.807) is 0 Å². The Hall–Kier alpha value is -1.19. The minimum atomic E-state index is -3.75. The summed E-state index contributed by atoms with van der Waals surface area (Å²) < 4.78 is 21.3. The first-order chi connectivity index (χ1) is 5.89. The molecule has 1 aromatic heterocycles. The summed E-state index contributed by atoms with van der Waals surface area (Å²) >= 11 is 0.732. The summed E-state index contributed by atoms with van der Waals surface area (Å²) in [5.41, 5.74) is 4.78. The van der Waals surface area contributed by atoms with Crippen molar-refractivity contribution in [3.05, 3.63) is 6.20 Å². The molecule has 13 heavy (non-hydrogen) atoms. The van der Waals surface area contributed by atoms with Crippen molar-refractivity contribution in [2.24, 2.45) is 10.9 Å². The Kier molecular flexibility index (Phi) is 2.50. The number of nitrogens with two attached hydrogens (primary N) is 2. The quantitative estimate of drug-likeness (QED) is 0.609. The van der Waals surface area contributed by atoms with Gasteiger partial charge in [0.2, 0.25) is 10.0 Å². The summed E-state index contributed by atoms with van der Waals surface area (Å²) in [6, 6.07) is -0.810. The van der Waals surface area contributed by atoms with Gasteiger partial charge in [0.05, 0.1) is 6.20 Å². The van der Waals surface area contributed by atoms with Gasteiger partial charge in [-0.25, -0.2) is 23.3 Å². The summed E-state index contributed by atoms with van der Waals surface area (Å²) in [6.07, 6.45) is 1.05. The molecule has 0 aliphatic carbocycles. The Labute approximate surface area is 77.8 Å². The number of primary sulfonamides is 1. The monoisotopic (exact) mass is 222 g/mol. The van der Waals surface area contributed by atoms with Crippen LogP contribution in [0.25, 0.3) is 0 Å². The number of hydrogen-bond donors (Lipinski definition) is 3. The first kappa shape index (κ1) is 9.89. The number of carbonyl (C=O) groups is 1. The third-order valence-electron chi connectivity index (χ3n) is 0.995. The molecule has 2 amide bonds. The number of urea groups is 1. The summed E-state index contributed by atoms with van der Waals surface area (Å²) in [7, 11) is -3.75. The van der Waals surface area contributed by atoms with Crippen molar-refractivity contribution in [1.29, 1.82) is 0 Å². The summed E-state index contributed by atoms with van der Waals surface area (Å²) in [5.74, 6) is 0. The number of aromatic nitrogens is 1. The molecule has 0 saturated carbocycles. The largest absolute Gasteiger partial charge is 0.351 e. The van der Waals surface area contributed by atoms with E-state index in [1.807, 2.05) is 0 Å². The molecular formula is C4H6N4O3S2. The van der Waals surface area contributed by atoms with E-state index in [9.17, 15) is 13.2 Å². The Balaban J connectivity index is 2.94. The van der Waals surface area contributed by atoms with Crippen LogP contribution in [0.15, 0.2) is 10.4 Å². The number of rotatable bonds is 2. The van der Waals surface area contributed by atoms with Crippen LogP contribution in [0.1, 0.15) is 0 Å². The molecule has 0 spiro atoms. The van der Waals surface area contributed by atoms with Crippen LogP contribution in [0.2, 0.25) is 0 Å². The molecular weight excluding hydrogens is 216 g/mol. The van der Waals surface area contributed by atoms with Crippen molar-refractivity contribution in [1.82, 2.24) is 4.98 Å². The highest BCUT2D eigenvalue weighted by Crippen LogP contribution is 2.20. The van der Waals surface area contributed by atoms with Gasteiger partial charge in [-0.2, -0.15) is 0 Å². The van der Waals surface area contributed by atoms with Gasteiger partial charge in [0.15, 0.2) is 9.34 Å². The molecule has 0 atom stereocenters. The normalized spacial score (nSPS) is 11.2. The van der Waals surface area contributed by atoms with Gasteiger partial charge in [0.25, 0.3) is 0 Å².